The molecular weight excluding hydrogens is 281 g/mol. The lowest BCUT2D eigenvalue weighted by atomic mass is 10.2. The molecular formula is C13H24NO5P. The summed E-state index contributed by atoms with van der Waals surface area (Å²) >= 11 is 0. The van der Waals surface area contributed by atoms with Gasteiger partial charge in [0.25, 0.3) is 0 Å². The zero-order chi connectivity index (χ0) is 15.9. The van der Waals surface area contributed by atoms with Crippen molar-refractivity contribution in [2.24, 2.45) is 5.73 Å². The summed E-state index contributed by atoms with van der Waals surface area (Å²) in [6.07, 6.45) is 0.859. The molecule has 0 aromatic heterocycles. The third kappa shape index (κ3) is 19.1. The van der Waals surface area contributed by atoms with Crippen LogP contribution in [0.25, 0.3) is 0 Å². The van der Waals surface area contributed by atoms with Gasteiger partial charge in [-0.05, 0) is 19.9 Å². The van der Waals surface area contributed by atoms with Gasteiger partial charge in [0.1, 0.15) is 0 Å². The van der Waals surface area contributed by atoms with Gasteiger partial charge in [-0.3, -0.25) is 9.36 Å². The molecule has 0 heterocycles. The van der Waals surface area contributed by atoms with Crippen molar-refractivity contribution in [3.63, 3.8) is 0 Å². The molecule has 0 saturated carbocycles. The van der Waals surface area contributed by atoms with E-state index in [9.17, 15) is 9.36 Å². The Hall–Kier alpha value is -1.20. The number of unbranched alkanes of at least 4 members (excludes halogenated alkanes) is 1. The molecule has 7 heteroatoms. The smallest absolute Gasteiger partial charge is 0.325 e. The Labute approximate surface area is 120 Å². The molecule has 116 valence electrons. The van der Waals surface area contributed by atoms with Crippen LogP contribution in [0.15, 0.2) is 36.4 Å². The summed E-state index contributed by atoms with van der Waals surface area (Å²) in [5, 5.41) is 0. The number of esters is 1. The topological polar surface area (TPSA) is 110 Å². The molecule has 0 aliphatic rings. The fraction of sp³-hybridized carbons (Fsp3) is 0.462. The second kappa shape index (κ2) is 14.2. The van der Waals surface area contributed by atoms with Crippen molar-refractivity contribution in [3.8, 4) is 0 Å². The van der Waals surface area contributed by atoms with Crippen LogP contribution in [0.5, 0.6) is 0 Å². The summed E-state index contributed by atoms with van der Waals surface area (Å²) in [6, 6.07) is 12.0. The molecule has 6 nitrogen and oxygen atoms in total. The lowest BCUT2D eigenvalue weighted by Crippen LogP contribution is -2.00. The Bertz CT molecular complexity index is 340. The second-order valence-corrected chi connectivity index (χ2v) is 5.35. The lowest BCUT2D eigenvalue weighted by molar-refractivity contribution is -0.140. The van der Waals surface area contributed by atoms with E-state index in [1.165, 1.54) is 14.2 Å². The summed E-state index contributed by atoms with van der Waals surface area (Å²) in [6.45, 7) is 0. The predicted octanol–water partition coefficient (Wildman–Crippen LogP) is 1.77. The van der Waals surface area contributed by atoms with Gasteiger partial charge in [0.2, 0.25) is 0 Å². The largest absolute Gasteiger partial charge is 0.469 e. The fourth-order valence-electron chi connectivity index (χ4n) is 1.07. The molecule has 1 aromatic carbocycles. The molecule has 0 spiro atoms. The van der Waals surface area contributed by atoms with Gasteiger partial charge >= 0.3 is 13.6 Å². The molecule has 4 N–H and O–H groups in total. The molecule has 0 fully saturated rings. The molecule has 0 amide bonds. The number of ether oxygens (including phenoxy) is 1. The number of carbonyl (C=O) groups excluding carboxylic acids is 1. The standard InChI is InChI=1S/C6H13O5P.C6H6.CH5N/c1-11-6(7)4-2-3-5-12(8,9)10;1-2-4-6-5-3-1;1-2/h2-5H2,1H3,(H2,8,9,10);1-6H;2H2,1H3. The van der Waals surface area contributed by atoms with E-state index in [4.69, 9.17) is 9.79 Å². The van der Waals surface area contributed by atoms with E-state index in [0.29, 0.717) is 12.8 Å². The highest BCUT2D eigenvalue weighted by atomic mass is 31.2. The van der Waals surface area contributed by atoms with Gasteiger partial charge in [-0.2, -0.15) is 0 Å². The highest BCUT2D eigenvalue weighted by Gasteiger charge is 2.11. The molecule has 20 heavy (non-hydrogen) atoms. The summed E-state index contributed by atoms with van der Waals surface area (Å²) in [5.74, 6) is -0.347. The lowest BCUT2D eigenvalue weighted by Gasteiger charge is -2.02. The van der Waals surface area contributed by atoms with Crippen molar-refractivity contribution in [3.05, 3.63) is 36.4 Å². The molecule has 1 rings (SSSR count). The SMILES string of the molecule is CN.COC(=O)CCCCP(=O)(O)O.c1ccccc1. The first-order chi connectivity index (χ1) is 9.45. The molecule has 0 bridgehead atoms. The summed E-state index contributed by atoms with van der Waals surface area (Å²) in [5.41, 5.74) is 4.50. The normalized spacial score (nSPS) is 9.45. The maximum absolute atomic E-state index is 10.5. The zero-order valence-electron chi connectivity index (χ0n) is 11.9. The monoisotopic (exact) mass is 305 g/mol. The Balaban J connectivity index is 0. The van der Waals surface area contributed by atoms with Crippen LogP contribution in [0.4, 0.5) is 0 Å². The third-order valence-corrected chi connectivity index (χ3v) is 2.87. The highest BCUT2D eigenvalue weighted by molar-refractivity contribution is 7.51. The summed E-state index contributed by atoms with van der Waals surface area (Å²) in [7, 11) is -1.10. The van der Waals surface area contributed by atoms with Crippen LogP contribution in [-0.2, 0) is 14.1 Å². The van der Waals surface area contributed by atoms with Gasteiger partial charge in [0, 0.05) is 12.6 Å². The average molecular weight is 305 g/mol. The van der Waals surface area contributed by atoms with E-state index in [1.807, 2.05) is 36.4 Å². The van der Waals surface area contributed by atoms with E-state index in [1.54, 1.807) is 0 Å². The molecule has 0 atom stereocenters. The van der Waals surface area contributed by atoms with Crippen LogP contribution >= 0.6 is 7.60 Å². The van der Waals surface area contributed by atoms with Crippen molar-refractivity contribution in [2.75, 3.05) is 20.3 Å². The second-order valence-electron chi connectivity index (χ2n) is 3.58. The fourth-order valence-corrected chi connectivity index (χ4v) is 1.71. The third-order valence-electron chi connectivity index (χ3n) is 1.97. The quantitative estimate of drug-likeness (QED) is 0.434. The van der Waals surface area contributed by atoms with Crippen LogP contribution in [-0.4, -0.2) is 36.1 Å². The minimum absolute atomic E-state index is 0.163. The number of hydrogen-bond donors (Lipinski definition) is 3. The molecule has 0 radical (unpaired) electrons. The van der Waals surface area contributed by atoms with Crippen LogP contribution in [0.1, 0.15) is 19.3 Å². The predicted molar refractivity (Wildman–Crippen MR) is 79.3 cm³/mol. The van der Waals surface area contributed by atoms with Crippen molar-refractivity contribution in [2.45, 2.75) is 19.3 Å². The van der Waals surface area contributed by atoms with E-state index in [-0.39, 0.29) is 18.6 Å². The maximum Gasteiger partial charge on any atom is 0.325 e. The number of nitrogens with two attached hydrogens (primary N) is 1. The first-order valence-corrected chi connectivity index (χ1v) is 7.94. The van der Waals surface area contributed by atoms with Crippen LogP contribution < -0.4 is 5.73 Å². The molecule has 0 unspecified atom stereocenters. The minimum atomic E-state index is -3.89. The Morgan fingerprint density at radius 3 is 1.75 bits per heavy atom. The first kappa shape index (κ1) is 21.1. The van der Waals surface area contributed by atoms with Gasteiger partial charge < -0.3 is 20.3 Å². The van der Waals surface area contributed by atoms with Gasteiger partial charge in [-0.25, -0.2) is 0 Å². The Kier molecular flexibility index (Phi) is 15.0. The number of hydrogen-bond acceptors (Lipinski definition) is 4. The van der Waals surface area contributed by atoms with Crippen LogP contribution in [0.2, 0.25) is 0 Å². The van der Waals surface area contributed by atoms with Crippen molar-refractivity contribution in [1.82, 2.24) is 0 Å². The average Bonchev–Trinajstić information content (AvgIpc) is 2.47. The first-order valence-electron chi connectivity index (χ1n) is 6.15. The molecule has 0 aliphatic carbocycles. The molecule has 0 aliphatic heterocycles. The summed E-state index contributed by atoms with van der Waals surface area (Å²) < 4.78 is 14.7. The van der Waals surface area contributed by atoms with Gasteiger partial charge in [-0.1, -0.05) is 36.4 Å². The number of methoxy groups -OCH3 is 1. The van der Waals surface area contributed by atoms with Crippen molar-refractivity contribution >= 4 is 13.6 Å². The van der Waals surface area contributed by atoms with Crippen molar-refractivity contribution < 1.29 is 23.9 Å². The molecule has 0 saturated heterocycles. The van der Waals surface area contributed by atoms with Gasteiger partial charge in [0.15, 0.2) is 0 Å². The Morgan fingerprint density at radius 2 is 1.45 bits per heavy atom. The highest BCUT2D eigenvalue weighted by Crippen LogP contribution is 2.35. The molecule has 1 aromatic rings. The number of carbonyl (C=O) groups is 1. The van der Waals surface area contributed by atoms with Crippen molar-refractivity contribution in [1.29, 1.82) is 0 Å². The van der Waals surface area contributed by atoms with E-state index in [0.717, 1.165) is 0 Å². The van der Waals surface area contributed by atoms with Gasteiger partial charge in [0.05, 0.1) is 7.11 Å². The number of rotatable bonds is 5. The van der Waals surface area contributed by atoms with E-state index < -0.39 is 7.60 Å². The Morgan fingerprint density at radius 1 is 1.05 bits per heavy atom. The van der Waals surface area contributed by atoms with Gasteiger partial charge in [-0.15, -0.1) is 0 Å². The van der Waals surface area contributed by atoms with Crippen LogP contribution in [0, 0.1) is 0 Å². The van der Waals surface area contributed by atoms with E-state index >= 15 is 0 Å². The summed E-state index contributed by atoms with van der Waals surface area (Å²) in [4.78, 5) is 27.4. The van der Waals surface area contributed by atoms with Crippen LogP contribution in [0.3, 0.4) is 0 Å². The zero-order valence-corrected chi connectivity index (χ0v) is 12.8. The number of benzene rings is 1. The van der Waals surface area contributed by atoms with E-state index in [2.05, 4.69) is 10.5 Å². The minimum Gasteiger partial charge on any atom is -0.469 e. The maximum atomic E-state index is 10.5.